The predicted octanol–water partition coefficient (Wildman–Crippen LogP) is 1.97. The maximum atomic E-state index is 12.4. The second kappa shape index (κ2) is 5.41. The smallest absolute Gasteiger partial charge is 0.157 e. The van der Waals surface area contributed by atoms with E-state index in [2.05, 4.69) is 5.32 Å². The quantitative estimate of drug-likeness (QED) is 0.911. The Hall–Kier alpha value is -0.870. The average Bonchev–Trinajstić information content (AvgIpc) is 2.34. The first-order valence-corrected chi connectivity index (χ1v) is 8.19. The van der Waals surface area contributed by atoms with Gasteiger partial charge in [-0.2, -0.15) is 0 Å². The van der Waals surface area contributed by atoms with E-state index < -0.39 is 9.84 Å². The minimum atomic E-state index is -3.01. The third kappa shape index (κ3) is 3.12. The summed E-state index contributed by atoms with van der Waals surface area (Å²) >= 11 is 0. The second-order valence-electron chi connectivity index (χ2n) is 5.19. The van der Waals surface area contributed by atoms with Crippen LogP contribution in [0, 0.1) is 13.8 Å². The van der Waals surface area contributed by atoms with Crippen molar-refractivity contribution in [3.63, 3.8) is 0 Å². The molecule has 3 nitrogen and oxygen atoms in total. The third-order valence-electron chi connectivity index (χ3n) is 3.65. The van der Waals surface area contributed by atoms with E-state index >= 15 is 0 Å². The number of hydrogen-bond donors (Lipinski definition) is 1. The average molecular weight is 267 g/mol. The highest BCUT2D eigenvalue weighted by atomic mass is 32.2. The van der Waals surface area contributed by atoms with Gasteiger partial charge in [0.2, 0.25) is 0 Å². The van der Waals surface area contributed by atoms with Gasteiger partial charge in [0.1, 0.15) is 0 Å². The second-order valence-corrected chi connectivity index (χ2v) is 7.47. The Morgan fingerprint density at radius 2 is 1.89 bits per heavy atom. The van der Waals surface area contributed by atoms with E-state index in [1.54, 1.807) is 0 Å². The summed E-state index contributed by atoms with van der Waals surface area (Å²) in [5, 5.41) is 3.04. The molecule has 0 unspecified atom stereocenters. The third-order valence-corrected chi connectivity index (χ3v) is 5.85. The molecule has 1 aromatic carbocycles. The lowest BCUT2D eigenvalue weighted by Gasteiger charge is -2.23. The monoisotopic (exact) mass is 267 g/mol. The van der Waals surface area contributed by atoms with E-state index in [1.807, 2.05) is 32.0 Å². The van der Waals surface area contributed by atoms with Crippen LogP contribution in [0.25, 0.3) is 0 Å². The van der Waals surface area contributed by atoms with Crippen molar-refractivity contribution in [1.29, 1.82) is 0 Å². The largest absolute Gasteiger partial charge is 0.317 e. The first-order chi connectivity index (χ1) is 8.49. The van der Waals surface area contributed by atoms with Crippen molar-refractivity contribution in [2.45, 2.75) is 37.7 Å². The number of nitrogens with one attached hydrogen (secondary N) is 1. The standard InChI is InChI=1S/C14H21NO2S/c1-11-3-4-13(12(2)9-11)10-18(16,17)14-5-7-15-8-6-14/h3-4,9,14-15H,5-8,10H2,1-2H3. The molecule has 1 aliphatic heterocycles. The molecule has 0 radical (unpaired) electrons. The number of aryl methyl sites for hydroxylation is 2. The van der Waals surface area contributed by atoms with Gasteiger partial charge in [-0.1, -0.05) is 23.8 Å². The normalized spacial score (nSPS) is 17.9. The van der Waals surface area contributed by atoms with Gasteiger partial charge in [0.15, 0.2) is 9.84 Å². The fraction of sp³-hybridized carbons (Fsp3) is 0.571. The Labute approximate surface area is 110 Å². The molecule has 1 N–H and O–H groups in total. The van der Waals surface area contributed by atoms with Crippen molar-refractivity contribution in [1.82, 2.24) is 5.32 Å². The molecule has 100 valence electrons. The Balaban J connectivity index is 2.16. The molecule has 0 bridgehead atoms. The number of sulfone groups is 1. The molecule has 0 saturated carbocycles. The zero-order valence-corrected chi connectivity index (χ0v) is 11.9. The van der Waals surface area contributed by atoms with Crippen molar-refractivity contribution < 1.29 is 8.42 Å². The molecule has 1 aliphatic rings. The lowest BCUT2D eigenvalue weighted by atomic mass is 10.1. The molecule has 1 saturated heterocycles. The lowest BCUT2D eigenvalue weighted by molar-refractivity contribution is 0.496. The highest BCUT2D eigenvalue weighted by Gasteiger charge is 2.27. The van der Waals surface area contributed by atoms with Crippen molar-refractivity contribution >= 4 is 9.84 Å². The maximum Gasteiger partial charge on any atom is 0.157 e. The van der Waals surface area contributed by atoms with Gasteiger partial charge in [0, 0.05) is 0 Å². The van der Waals surface area contributed by atoms with E-state index in [0.29, 0.717) is 0 Å². The molecule has 18 heavy (non-hydrogen) atoms. The Kier molecular flexibility index (Phi) is 4.07. The van der Waals surface area contributed by atoms with Crippen molar-refractivity contribution in [3.8, 4) is 0 Å². The van der Waals surface area contributed by atoms with Gasteiger partial charge in [-0.25, -0.2) is 8.42 Å². The number of rotatable bonds is 3. The molecule has 0 aromatic heterocycles. The van der Waals surface area contributed by atoms with E-state index in [0.717, 1.165) is 37.1 Å². The van der Waals surface area contributed by atoms with Crippen molar-refractivity contribution in [2.24, 2.45) is 0 Å². The van der Waals surface area contributed by atoms with E-state index in [1.165, 1.54) is 5.56 Å². The van der Waals surface area contributed by atoms with Crippen LogP contribution in [-0.4, -0.2) is 26.8 Å². The first-order valence-electron chi connectivity index (χ1n) is 6.47. The topological polar surface area (TPSA) is 46.2 Å². The lowest BCUT2D eigenvalue weighted by Crippen LogP contribution is -2.36. The fourth-order valence-electron chi connectivity index (χ4n) is 2.50. The van der Waals surface area contributed by atoms with Gasteiger partial charge in [-0.15, -0.1) is 0 Å². The van der Waals surface area contributed by atoms with E-state index in [4.69, 9.17) is 0 Å². The summed E-state index contributed by atoms with van der Waals surface area (Å²) in [5.41, 5.74) is 3.20. The first kappa shape index (κ1) is 13.6. The predicted molar refractivity (Wildman–Crippen MR) is 74.4 cm³/mol. The summed E-state index contributed by atoms with van der Waals surface area (Å²) in [6, 6.07) is 5.98. The summed E-state index contributed by atoms with van der Waals surface area (Å²) in [6.45, 7) is 5.64. The molecular formula is C14H21NO2S. The van der Waals surface area contributed by atoms with Crippen LogP contribution in [0.2, 0.25) is 0 Å². The minimum absolute atomic E-state index is 0.167. The highest BCUT2D eigenvalue weighted by Crippen LogP contribution is 2.20. The zero-order valence-electron chi connectivity index (χ0n) is 11.1. The van der Waals surface area contributed by atoms with Crippen LogP contribution in [-0.2, 0) is 15.6 Å². The molecule has 1 heterocycles. The number of benzene rings is 1. The molecule has 2 rings (SSSR count). The number of piperidine rings is 1. The summed E-state index contributed by atoms with van der Waals surface area (Å²) in [7, 11) is -3.01. The fourth-order valence-corrected chi connectivity index (χ4v) is 4.44. The van der Waals surface area contributed by atoms with Crippen LogP contribution in [0.5, 0.6) is 0 Å². The molecule has 1 fully saturated rings. The molecule has 0 atom stereocenters. The van der Waals surface area contributed by atoms with E-state index in [-0.39, 0.29) is 11.0 Å². The van der Waals surface area contributed by atoms with Gasteiger partial charge >= 0.3 is 0 Å². The van der Waals surface area contributed by atoms with Crippen LogP contribution in [0.1, 0.15) is 29.5 Å². The molecule has 1 aromatic rings. The molecule has 0 spiro atoms. The molecule has 0 amide bonds. The molecular weight excluding hydrogens is 246 g/mol. The van der Waals surface area contributed by atoms with Crippen LogP contribution < -0.4 is 5.32 Å². The van der Waals surface area contributed by atoms with Gasteiger partial charge < -0.3 is 5.32 Å². The summed E-state index contributed by atoms with van der Waals surface area (Å²) in [6.07, 6.45) is 1.49. The Morgan fingerprint density at radius 1 is 1.22 bits per heavy atom. The van der Waals surface area contributed by atoms with Gasteiger partial charge in [0.25, 0.3) is 0 Å². The Bertz CT molecular complexity index is 517. The SMILES string of the molecule is Cc1ccc(CS(=O)(=O)C2CCNCC2)c(C)c1. The van der Waals surface area contributed by atoms with Gasteiger partial charge in [0.05, 0.1) is 11.0 Å². The summed E-state index contributed by atoms with van der Waals surface area (Å²) in [5.74, 6) is 0.184. The van der Waals surface area contributed by atoms with Gasteiger partial charge in [-0.05, 0) is 50.9 Å². The highest BCUT2D eigenvalue weighted by molar-refractivity contribution is 7.91. The maximum absolute atomic E-state index is 12.4. The van der Waals surface area contributed by atoms with Crippen LogP contribution in [0.4, 0.5) is 0 Å². The molecule has 4 heteroatoms. The number of hydrogen-bond acceptors (Lipinski definition) is 3. The van der Waals surface area contributed by atoms with Gasteiger partial charge in [-0.3, -0.25) is 0 Å². The summed E-state index contributed by atoms with van der Waals surface area (Å²) in [4.78, 5) is 0. The zero-order chi connectivity index (χ0) is 13.2. The van der Waals surface area contributed by atoms with Crippen molar-refractivity contribution in [2.75, 3.05) is 13.1 Å². The molecule has 0 aliphatic carbocycles. The van der Waals surface area contributed by atoms with Crippen LogP contribution >= 0.6 is 0 Å². The van der Waals surface area contributed by atoms with Crippen LogP contribution in [0.3, 0.4) is 0 Å². The van der Waals surface area contributed by atoms with Crippen LogP contribution in [0.15, 0.2) is 18.2 Å². The van der Waals surface area contributed by atoms with E-state index in [9.17, 15) is 8.42 Å². The minimum Gasteiger partial charge on any atom is -0.317 e. The summed E-state index contributed by atoms with van der Waals surface area (Å²) < 4.78 is 24.7. The van der Waals surface area contributed by atoms with Crippen molar-refractivity contribution in [3.05, 3.63) is 34.9 Å². The Morgan fingerprint density at radius 3 is 2.50 bits per heavy atom.